The minimum absolute atomic E-state index is 0.0312. The van der Waals surface area contributed by atoms with Gasteiger partial charge in [-0.05, 0) is 31.2 Å². The summed E-state index contributed by atoms with van der Waals surface area (Å²) in [6.45, 7) is 1.44. The maximum absolute atomic E-state index is 12.0. The van der Waals surface area contributed by atoms with Crippen molar-refractivity contribution in [2.24, 2.45) is 0 Å². The molecular formula is C16H14ClN3O5S. The fourth-order valence-corrected chi connectivity index (χ4v) is 2.65. The van der Waals surface area contributed by atoms with Gasteiger partial charge < -0.3 is 10.1 Å². The molecule has 0 aliphatic heterocycles. The fourth-order valence-electron chi connectivity index (χ4n) is 1.80. The Morgan fingerprint density at radius 3 is 2.65 bits per heavy atom. The van der Waals surface area contributed by atoms with Crippen LogP contribution in [0.5, 0.6) is 0 Å². The molecule has 1 atom stereocenters. The van der Waals surface area contributed by atoms with Crippen molar-refractivity contribution in [2.75, 3.05) is 11.1 Å². The van der Waals surface area contributed by atoms with Gasteiger partial charge in [-0.25, -0.2) is 4.98 Å². The normalized spacial score (nSPS) is 11.5. The number of nitrogens with zero attached hydrogens (tertiary/aromatic N) is 2. The predicted octanol–water partition coefficient (Wildman–Crippen LogP) is 3.31. The van der Waals surface area contributed by atoms with E-state index < -0.39 is 22.9 Å². The molecule has 1 heterocycles. The zero-order valence-corrected chi connectivity index (χ0v) is 15.1. The molecule has 2 aromatic rings. The van der Waals surface area contributed by atoms with Crippen LogP contribution in [0.25, 0.3) is 0 Å². The second kappa shape index (κ2) is 9.16. The number of benzene rings is 1. The number of halogens is 1. The van der Waals surface area contributed by atoms with E-state index in [1.165, 1.54) is 37.4 Å². The van der Waals surface area contributed by atoms with Gasteiger partial charge in [0.15, 0.2) is 11.3 Å². The highest BCUT2D eigenvalue weighted by Crippen LogP contribution is 2.22. The summed E-state index contributed by atoms with van der Waals surface area (Å²) in [4.78, 5) is 38.5. The van der Waals surface area contributed by atoms with Gasteiger partial charge in [-0.1, -0.05) is 11.6 Å². The van der Waals surface area contributed by atoms with Crippen LogP contribution in [0.3, 0.4) is 0 Å². The number of thioether (sulfide) groups is 1. The monoisotopic (exact) mass is 395 g/mol. The molecule has 26 heavy (non-hydrogen) atoms. The van der Waals surface area contributed by atoms with Crippen molar-refractivity contribution in [2.45, 2.75) is 17.9 Å². The molecule has 1 aromatic heterocycles. The lowest BCUT2D eigenvalue weighted by Crippen LogP contribution is -2.30. The first-order valence-corrected chi connectivity index (χ1v) is 8.71. The molecule has 8 nitrogen and oxygen atoms in total. The smallest absolute Gasteiger partial charge is 0.317 e. The van der Waals surface area contributed by atoms with Crippen LogP contribution in [-0.4, -0.2) is 33.6 Å². The van der Waals surface area contributed by atoms with Crippen molar-refractivity contribution in [1.29, 1.82) is 0 Å². The highest BCUT2D eigenvalue weighted by Gasteiger charge is 2.19. The number of nitro benzene ring substituents is 1. The van der Waals surface area contributed by atoms with Crippen molar-refractivity contribution in [3.63, 3.8) is 0 Å². The Bertz CT molecular complexity index is 816. The van der Waals surface area contributed by atoms with Gasteiger partial charge in [0, 0.05) is 23.2 Å². The SMILES string of the molecule is C[C@@H](OC(=O)CSc1ccc([N+](=O)[O-])cc1)C(=O)Nc1cccnc1Cl. The Hall–Kier alpha value is -2.65. The third-order valence-electron chi connectivity index (χ3n) is 3.10. The predicted molar refractivity (Wildman–Crippen MR) is 97.3 cm³/mol. The number of hydrogen-bond acceptors (Lipinski definition) is 7. The zero-order chi connectivity index (χ0) is 19.1. The van der Waals surface area contributed by atoms with Crippen molar-refractivity contribution in [3.8, 4) is 0 Å². The summed E-state index contributed by atoms with van der Waals surface area (Å²) >= 11 is 7.00. The highest BCUT2D eigenvalue weighted by atomic mass is 35.5. The average Bonchev–Trinajstić information content (AvgIpc) is 2.62. The number of carbonyl (C=O) groups excluding carboxylic acids is 2. The summed E-state index contributed by atoms with van der Waals surface area (Å²) in [5, 5.41) is 13.2. The molecule has 0 saturated carbocycles. The maximum Gasteiger partial charge on any atom is 0.317 e. The molecule has 136 valence electrons. The Labute approximate surface area is 158 Å². The van der Waals surface area contributed by atoms with Gasteiger partial charge >= 0.3 is 5.97 Å². The van der Waals surface area contributed by atoms with E-state index in [1.807, 2.05) is 0 Å². The van der Waals surface area contributed by atoms with Gasteiger partial charge in [-0.15, -0.1) is 11.8 Å². The number of carbonyl (C=O) groups is 2. The largest absolute Gasteiger partial charge is 0.452 e. The lowest BCUT2D eigenvalue weighted by Gasteiger charge is -2.13. The summed E-state index contributed by atoms with van der Waals surface area (Å²) in [5.41, 5.74) is 0.290. The van der Waals surface area contributed by atoms with Crippen LogP contribution in [0.1, 0.15) is 6.92 Å². The van der Waals surface area contributed by atoms with Gasteiger partial charge in [0.2, 0.25) is 0 Å². The standard InChI is InChI=1S/C16H14ClN3O5S/c1-10(16(22)19-13-3-2-8-18-15(13)17)25-14(21)9-26-12-6-4-11(5-7-12)20(23)24/h2-8,10H,9H2,1H3,(H,19,22)/t10-/m1/s1. The first kappa shape index (κ1) is 19.7. The van der Waals surface area contributed by atoms with Gasteiger partial charge in [-0.2, -0.15) is 0 Å². The van der Waals surface area contributed by atoms with Gasteiger partial charge in [0.05, 0.1) is 16.4 Å². The Balaban J connectivity index is 1.82. The topological polar surface area (TPSA) is 111 Å². The number of ether oxygens (including phenoxy) is 1. The number of esters is 1. The number of non-ortho nitro benzene ring substituents is 1. The van der Waals surface area contributed by atoms with Crippen molar-refractivity contribution in [1.82, 2.24) is 4.98 Å². The summed E-state index contributed by atoms with van der Waals surface area (Å²) in [6.07, 6.45) is 0.466. The second-order valence-corrected chi connectivity index (χ2v) is 6.41. The molecular weight excluding hydrogens is 382 g/mol. The van der Waals surface area contributed by atoms with E-state index in [9.17, 15) is 19.7 Å². The van der Waals surface area contributed by atoms with E-state index in [-0.39, 0.29) is 16.6 Å². The minimum Gasteiger partial charge on any atom is -0.452 e. The molecule has 0 aliphatic rings. The van der Waals surface area contributed by atoms with Crippen LogP contribution in [-0.2, 0) is 14.3 Å². The molecule has 0 radical (unpaired) electrons. The summed E-state index contributed by atoms with van der Waals surface area (Å²) in [6, 6.07) is 8.96. The number of aromatic nitrogens is 1. The minimum atomic E-state index is -1.02. The van der Waals surface area contributed by atoms with E-state index >= 15 is 0 Å². The molecule has 1 amide bonds. The number of hydrogen-bond donors (Lipinski definition) is 1. The Morgan fingerprint density at radius 2 is 2.04 bits per heavy atom. The fraction of sp³-hybridized carbons (Fsp3) is 0.188. The van der Waals surface area contributed by atoms with Gasteiger partial charge in [0.1, 0.15) is 0 Å². The number of anilines is 1. The van der Waals surface area contributed by atoms with E-state index in [0.29, 0.717) is 10.6 Å². The summed E-state index contributed by atoms with van der Waals surface area (Å²) in [7, 11) is 0. The van der Waals surface area contributed by atoms with Crippen LogP contribution < -0.4 is 5.32 Å². The van der Waals surface area contributed by atoms with Crippen molar-refractivity contribution >= 4 is 46.6 Å². The molecule has 0 fully saturated rings. The van der Waals surface area contributed by atoms with Crippen LogP contribution in [0, 0.1) is 10.1 Å². The third-order valence-corrected chi connectivity index (χ3v) is 4.39. The molecule has 2 rings (SSSR count). The number of rotatable bonds is 7. The van der Waals surface area contributed by atoms with Crippen LogP contribution in [0.4, 0.5) is 11.4 Å². The number of nitrogens with one attached hydrogen (secondary N) is 1. The average molecular weight is 396 g/mol. The molecule has 0 spiro atoms. The second-order valence-electron chi connectivity index (χ2n) is 5.00. The third kappa shape index (κ3) is 5.71. The maximum atomic E-state index is 12.0. The van der Waals surface area contributed by atoms with E-state index in [2.05, 4.69) is 10.3 Å². The summed E-state index contributed by atoms with van der Waals surface area (Å²) < 4.78 is 5.06. The zero-order valence-electron chi connectivity index (χ0n) is 13.5. The highest BCUT2D eigenvalue weighted by molar-refractivity contribution is 8.00. The Kier molecular flexibility index (Phi) is 6.93. The van der Waals surface area contributed by atoms with Gasteiger partial charge in [0.25, 0.3) is 11.6 Å². The molecule has 0 unspecified atom stereocenters. The number of pyridine rings is 1. The Morgan fingerprint density at radius 1 is 1.35 bits per heavy atom. The number of amides is 1. The summed E-state index contributed by atoms with van der Waals surface area (Å²) in [5.74, 6) is -1.16. The van der Waals surface area contributed by atoms with E-state index in [0.717, 1.165) is 11.8 Å². The molecule has 10 heteroatoms. The molecule has 0 saturated heterocycles. The molecule has 0 bridgehead atoms. The van der Waals surface area contributed by atoms with E-state index in [1.54, 1.807) is 12.1 Å². The quantitative estimate of drug-likeness (QED) is 0.251. The first-order chi connectivity index (χ1) is 12.4. The van der Waals surface area contributed by atoms with Crippen molar-refractivity contribution < 1.29 is 19.2 Å². The van der Waals surface area contributed by atoms with Crippen LogP contribution >= 0.6 is 23.4 Å². The van der Waals surface area contributed by atoms with Crippen LogP contribution in [0.2, 0.25) is 5.15 Å². The first-order valence-electron chi connectivity index (χ1n) is 7.35. The number of nitro groups is 1. The molecule has 0 aliphatic carbocycles. The van der Waals surface area contributed by atoms with Gasteiger partial charge in [-0.3, -0.25) is 19.7 Å². The van der Waals surface area contributed by atoms with Crippen LogP contribution in [0.15, 0.2) is 47.5 Å². The molecule has 1 aromatic carbocycles. The lowest BCUT2D eigenvalue weighted by molar-refractivity contribution is -0.384. The van der Waals surface area contributed by atoms with Crippen molar-refractivity contribution in [3.05, 3.63) is 57.9 Å². The molecule has 1 N–H and O–H groups in total. The van der Waals surface area contributed by atoms with E-state index in [4.69, 9.17) is 16.3 Å². The lowest BCUT2D eigenvalue weighted by atomic mass is 10.3.